The van der Waals surface area contributed by atoms with Crippen molar-refractivity contribution in [2.24, 2.45) is 5.41 Å². The maximum Gasteiger partial charge on any atom is 0.301 e. The molecule has 0 unspecified atom stereocenters. The molecule has 1 saturated carbocycles. The number of pyridine rings is 1. The smallest absolute Gasteiger partial charge is 0.301 e. The van der Waals surface area contributed by atoms with Crippen molar-refractivity contribution in [1.29, 1.82) is 0 Å². The fraction of sp³-hybridized carbons (Fsp3) is 0.357. The molecule has 0 atom stereocenters. The number of rotatable bonds is 5. The second-order valence-corrected chi connectivity index (χ2v) is 5.30. The van der Waals surface area contributed by atoms with Crippen molar-refractivity contribution < 1.29 is 10.0 Å². The molecule has 1 aromatic carbocycles. The van der Waals surface area contributed by atoms with Crippen LogP contribution in [-0.4, -0.2) is 28.2 Å². The van der Waals surface area contributed by atoms with Gasteiger partial charge in [0.15, 0.2) is 0 Å². The Kier molecular flexibility index (Phi) is 3.02. The third-order valence-electron chi connectivity index (χ3n) is 3.89. The fourth-order valence-electron chi connectivity index (χ4n) is 2.33. The summed E-state index contributed by atoms with van der Waals surface area (Å²) >= 11 is 0. The second kappa shape index (κ2) is 4.72. The molecule has 20 heavy (non-hydrogen) atoms. The number of nitro groups is 1. The maximum absolute atomic E-state index is 11.3. The molecule has 1 fully saturated rings. The summed E-state index contributed by atoms with van der Waals surface area (Å²) in [6.45, 7) is 0.666. The summed E-state index contributed by atoms with van der Waals surface area (Å²) in [5.41, 5.74) is 1.03. The normalized spacial score (nSPS) is 16.1. The van der Waals surface area contributed by atoms with Crippen LogP contribution in [0.3, 0.4) is 0 Å². The molecule has 0 bridgehead atoms. The van der Waals surface area contributed by atoms with Crippen LogP contribution in [0, 0.1) is 15.5 Å². The van der Waals surface area contributed by atoms with Gasteiger partial charge >= 0.3 is 5.69 Å². The van der Waals surface area contributed by atoms with Gasteiger partial charge in [-0.05, 0) is 37.1 Å². The van der Waals surface area contributed by atoms with Crippen molar-refractivity contribution in [1.82, 2.24) is 4.98 Å². The van der Waals surface area contributed by atoms with Crippen LogP contribution in [0.5, 0.6) is 0 Å². The van der Waals surface area contributed by atoms with Gasteiger partial charge in [-0.2, -0.15) is 0 Å². The molecule has 0 spiro atoms. The molecule has 2 N–H and O–H groups in total. The van der Waals surface area contributed by atoms with E-state index in [1.54, 1.807) is 30.5 Å². The summed E-state index contributed by atoms with van der Waals surface area (Å²) in [5.74, 6) is 0. The number of nitrogens with one attached hydrogen (secondary N) is 1. The lowest BCUT2D eigenvalue weighted by molar-refractivity contribution is -0.382. The van der Waals surface area contributed by atoms with Gasteiger partial charge in [0.2, 0.25) is 0 Å². The lowest BCUT2D eigenvalue weighted by atomic mass is 10.1. The summed E-state index contributed by atoms with van der Waals surface area (Å²) in [5, 5.41) is 24.3. The van der Waals surface area contributed by atoms with Gasteiger partial charge in [-0.15, -0.1) is 0 Å². The topological polar surface area (TPSA) is 88.3 Å². The largest absolute Gasteiger partial charge is 0.396 e. The Morgan fingerprint density at radius 2 is 2.20 bits per heavy atom. The van der Waals surface area contributed by atoms with Crippen LogP contribution >= 0.6 is 0 Å². The zero-order chi connectivity index (χ0) is 14.2. The Balaban J connectivity index is 1.97. The Morgan fingerprint density at radius 1 is 1.40 bits per heavy atom. The van der Waals surface area contributed by atoms with Gasteiger partial charge in [-0.1, -0.05) is 0 Å². The number of nitrogens with zero attached hydrogens (tertiary/aromatic N) is 2. The van der Waals surface area contributed by atoms with Gasteiger partial charge in [0, 0.05) is 18.2 Å². The average Bonchev–Trinajstić information content (AvgIpc) is 3.24. The lowest BCUT2D eigenvalue weighted by Gasteiger charge is -2.14. The van der Waals surface area contributed by atoms with Crippen molar-refractivity contribution in [2.45, 2.75) is 12.8 Å². The van der Waals surface area contributed by atoms with E-state index in [1.165, 1.54) is 0 Å². The van der Waals surface area contributed by atoms with Gasteiger partial charge < -0.3 is 10.4 Å². The number of nitro benzene ring substituents is 1. The van der Waals surface area contributed by atoms with E-state index in [0.29, 0.717) is 23.1 Å². The molecule has 6 nitrogen and oxygen atoms in total. The zero-order valence-corrected chi connectivity index (χ0v) is 10.9. The summed E-state index contributed by atoms with van der Waals surface area (Å²) in [6.07, 6.45) is 3.53. The first-order valence-electron chi connectivity index (χ1n) is 6.52. The van der Waals surface area contributed by atoms with E-state index in [1.807, 2.05) is 0 Å². The standard InChI is InChI=1S/C14H15N3O3/c18-9-14(5-6-14)8-16-12-4-3-11-10(2-1-7-15-11)13(12)17(19)20/h1-4,7,16,18H,5-6,8-9H2. The third-order valence-corrected chi connectivity index (χ3v) is 3.89. The van der Waals surface area contributed by atoms with Crippen LogP contribution in [-0.2, 0) is 0 Å². The van der Waals surface area contributed by atoms with Crippen LogP contribution in [0.1, 0.15) is 12.8 Å². The van der Waals surface area contributed by atoms with Crippen molar-refractivity contribution in [3.8, 4) is 0 Å². The highest BCUT2D eigenvalue weighted by atomic mass is 16.6. The molecule has 0 saturated heterocycles. The Hall–Kier alpha value is -2.21. The molecule has 0 amide bonds. The minimum Gasteiger partial charge on any atom is -0.396 e. The van der Waals surface area contributed by atoms with E-state index < -0.39 is 0 Å². The van der Waals surface area contributed by atoms with Gasteiger partial charge in [0.25, 0.3) is 0 Å². The SMILES string of the molecule is O=[N+]([O-])c1c(NCC2(CO)CC2)ccc2ncccc12. The van der Waals surface area contributed by atoms with Gasteiger partial charge in [0.05, 0.1) is 22.4 Å². The summed E-state index contributed by atoms with van der Waals surface area (Å²) in [7, 11) is 0. The number of fused-ring (bicyclic) bond motifs is 1. The number of benzene rings is 1. The highest BCUT2D eigenvalue weighted by Gasteiger charge is 2.42. The first-order valence-corrected chi connectivity index (χ1v) is 6.52. The number of hydrogen-bond donors (Lipinski definition) is 2. The molecular formula is C14H15N3O3. The first kappa shape index (κ1) is 12.8. The predicted molar refractivity (Wildman–Crippen MR) is 75.6 cm³/mol. The van der Waals surface area contributed by atoms with E-state index in [9.17, 15) is 15.2 Å². The molecule has 1 heterocycles. The van der Waals surface area contributed by atoms with Crippen molar-refractivity contribution >= 4 is 22.3 Å². The van der Waals surface area contributed by atoms with E-state index in [2.05, 4.69) is 10.3 Å². The van der Waals surface area contributed by atoms with Crippen LogP contribution in [0.4, 0.5) is 11.4 Å². The van der Waals surface area contributed by atoms with E-state index in [0.717, 1.165) is 12.8 Å². The molecule has 1 aliphatic carbocycles. The lowest BCUT2D eigenvalue weighted by Crippen LogP contribution is -2.19. The molecule has 0 radical (unpaired) electrons. The molecule has 0 aliphatic heterocycles. The third kappa shape index (κ3) is 2.18. The Labute approximate surface area is 115 Å². The van der Waals surface area contributed by atoms with Crippen LogP contribution in [0.15, 0.2) is 30.5 Å². The van der Waals surface area contributed by atoms with E-state index >= 15 is 0 Å². The maximum atomic E-state index is 11.3. The van der Waals surface area contributed by atoms with Crippen LogP contribution in [0.25, 0.3) is 10.9 Å². The molecule has 104 valence electrons. The van der Waals surface area contributed by atoms with E-state index in [-0.39, 0.29) is 22.6 Å². The number of aliphatic hydroxyl groups is 1. The van der Waals surface area contributed by atoms with Crippen LogP contribution < -0.4 is 5.32 Å². The van der Waals surface area contributed by atoms with Gasteiger partial charge in [-0.3, -0.25) is 15.1 Å². The monoisotopic (exact) mass is 273 g/mol. The van der Waals surface area contributed by atoms with Crippen molar-refractivity contribution in [3.63, 3.8) is 0 Å². The number of aromatic nitrogens is 1. The van der Waals surface area contributed by atoms with Crippen molar-refractivity contribution in [2.75, 3.05) is 18.5 Å². The molecule has 6 heteroatoms. The molecule has 3 rings (SSSR count). The number of aliphatic hydroxyl groups excluding tert-OH is 1. The Bertz CT molecular complexity index is 668. The number of hydrogen-bond acceptors (Lipinski definition) is 5. The highest BCUT2D eigenvalue weighted by molar-refractivity contribution is 5.94. The first-order chi connectivity index (χ1) is 9.65. The quantitative estimate of drug-likeness (QED) is 0.644. The molecule has 1 aliphatic rings. The molecule has 1 aromatic heterocycles. The van der Waals surface area contributed by atoms with Crippen LogP contribution in [0.2, 0.25) is 0 Å². The van der Waals surface area contributed by atoms with Gasteiger partial charge in [-0.25, -0.2) is 0 Å². The minimum absolute atomic E-state index is 0.0457. The average molecular weight is 273 g/mol. The van der Waals surface area contributed by atoms with Crippen molar-refractivity contribution in [3.05, 3.63) is 40.6 Å². The van der Waals surface area contributed by atoms with Gasteiger partial charge in [0.1, 0.15) is 5.69 Å². The second-order valence-electron chi connectivity index (χ2n) is 5.30. The zero-order valence-electron chi connectivity index (χ0n) is 10.9. The van der Waals surface area contributed by atoms with E-state index in [4.69, 9.17) is 0 Å². The number of anilines is 1. The summed E-state index contributed by atoms with van der Waals surface area (Å²) in [6, 6.07) is 6.84. The summed E-state index contributed by atoms with van der Waals surface area (Å²) < 4.78 is 0. The molecule has 2 aromatic rings. The highest BCUT2D eigenvalue weighted by Crippen LogP contribution is 2.45. The minimum atomic E-state index is -0.384. The summed E-state index contributed by atoms with van der Waals surface area (Å²) in [4.78, 5) is 15.1. The Morgan fingerprint density at radius 3 is 2.85 bits per heavy atom. The fourth-order valence-corrected chi connectivity index (χ4v) is 2.33. The molecular weight excluding hydrogens is 258 g/mol. The predicted octanol–water partition coefficient (Wildman–Crippen LogP) is 2.33.